The highest BCUT2D eigenvalue weighted by atomic mass is 127. The molecule has 7 heteroatoms. The predicted molar refractivity (Wildman–Crippen MR) is 129 cm³/mol. The van der Waals surface area contributed by atoms with Gasteiger partial charge in [0.25, 0.3) is 0 Å². The number of rotatable bonds is 7. The molecule has 1 fully saturated rings. The molecule has 1 heterocycles. The van der Waals surface area contributed by atoms with Crippen LogP contribution in [0.5, 0.6) is 11.5 Å². The van der Waals surface area contributed by atoms with E-state index in [1.807, 2.05) is 18.2 Å². The highest BCUT2D eigenvalue weighted by molar-refractivity contribution is 14.0. The summed E-state index contributed by atoms with van der Waals surface area (Å²) in [6.45, 7) is 3.87. The molecule has 3 N–H and O–H groups in total. The Kier molecular flexibility index (Phi) is 9.53. The number of ether oxygens (including phenoxy) is 2. The van der Waals surface area contributed by atoms with Crippen molar-refractivity contribution < 1.29 is 9.47 Å². The van der Waals surface area contributed by atoms with Crippen LogP contribution >= 0.6 is 24.0 Å². The molecular weight excluding hydrogens is 479 g/mol. The van der Waals surface area contributed by atoms with Gasteiger partial charge in [0, 0.05) is 12.6 Å². The minimum absolute atomic E-state index is 0. The smallest absolute Gasteiger partial charge is 0.193 e. The number of piperidine rings is 1. The van der Waals surface area contributed by atoms with Crippen LogP contribution in [0.1, 0.15) is 30.4 Å². The quantitative estimate of drug-likeness (QED) is 0.332. The fourth-order valence-electron chi connectivity index (χ4n) is 3.48. The normalized spacial score (nSPS) is 14.8. The van der Waals surface area contributed by atoms with Crippen molar-refractivity contribution in [3.8, 4) is 11.5 Å². The highest BCUT2D eigenvalue weighted by Gasteiger charge is 2.12. The van der Waals surface area contributed by atoms with Gasteiger partial charge in [0.15, 0.2) is 5.96 Å². The summed E-state index contributed by atoms with van der Waals surface area (Å²) in [4.78, 5) is 7.07. The van der Waals surface area contributed by atoms with Crippen LogP contribution in [0.15, 0.2) is 47.5 Å². The van der Waals surface area contributed by atoms with E-state index < -0.39 is 0 Å². The molecule has 0 radical (unpaired) electrons. The first kappa shape index (κ1) is 23.3. The molecule has 1 saturated heterocycles. The lowest BCUT2D eigenvalue weighted by atomic mass is 10.1. The number of methoxy groups -OCH3 is 2. The van der Waals surface area contributed by atoms with Gasteiger partial charge in [-0.3, -0.25) is 4.90 Å². The van der Waals surface area contributed by atoms with Crippen LogP contribution in [-0.4, -0.2) is 38.2 Å². The van der Waals surface area contributed by atoms with Crippen molar-refractivity contribution in [3.05, 3.63) is 53.6 Å². The van der Waals surface area contributed by atoms with Crippen LogP contribution in [-0.2, 0) is 13.1 Å². The van der Waals surface area contributed by atoms with Crippen molar-refractivity contribution in [2.45, 2.75) is 32.4 Å². The number of nitrogens with zero attached hydrogens (tertiary/aromatic N) is 2. The van der Waals surface area contributed by atoms with E-state index in [0.717, 1.165) is 18.0 Å². The van der Waals surface area contributed by atoms with Gasteiger partial charge in [0.2, 0.25) is 0 Å². The number of halogens is 1. The lowest BCUT2D eigenvalue weighted by Crippen LogP contribution is -2.29. The number of nitrogens with one attached hydrogen (secondary N) is 1. The lowest BCUT2D eigenvalue weighted by Gasteiger charge is -2.27. The van der Waals surface area contributed by atoms with Crippen LogP contribution in [0.25, 0.3) is 0 Å². The molecular formula is C22H31IN4O2. The molecule has 0 saturated carbocycles. The van der Waals surface area contributed by atoms with E-state index in [4.69, 9.17) is 15.2 Å². The Bertz CT molecular complexity index is 807. The maximum Gasteiger partial charge on any atom is 0.193 e. The summed E-state index contributed by atoms with van der Waals surface area (Å²) in [5.74, 6) is 1.76. The van der Waals surface area contributed by atoms with Crippen LogP contribution in [0, 0.1) is 0 Å². The zero-order valence-electron chi connectivity index (χ0n) is 17.2. The number of nitrogens with two attached hydrogens (primary N) is 1. The Hall–Kier alpha value is -2.00. The lowest BCUT2D eigenvalue weighted by molar-refractivity contribution is 0.220. The zero-order valence-corrected chi connectivity index (χ0v) is 19.5. The Morgan fingerprint density at radius 3 is 2.45 bits per heavy atom. The molecule has 3 rings (SSSR count). The second kappa shape index (κ2) is 11.9. The van der Waals surface area contributed by atoms with Crippen molar-refractivity contribution >= 4 is 35.6 Å². The molecule has 0 atom stereocenters. The molecule has 2 aromatic carbocycles. The number of hydrogen-bond acceptors (Lipinski definition) is 4. The molecule has 6 nitrogen and oxygen atoms in total. The number of guanidine groups is 1. The zero-order chi connectivity index (χ0) is 19.8. The maximum absolute atomic E-state index is 6.14. The molecule has 0 spiro atoms. The maximum atomic E-state index is 6.14. The van der Waals surface area contributed by atoms with E-state index in [0.29, 0.717) is 18.3 Å². The van der Waals surface area contributed by atoms with E-state index in [9.17, 15) is 0 Å². The minimum Gasteiger partial charge on any atom is -0.497 e. The van der Waals surface area contributed by atoms with Gasteiger partial charge in [-0.1, -0.05) is 30.7 Å². The Morgan fingerprint density at radius 2 is 1.76 bits per heavy atom. The van der Waals surface area contributed by atoms with Gasteiger partial charge in [-0.15, -0.1) is 24.0 Å². The summed E-state index contributed by atoms with van der Waals surface area (Å²) in [6.07, 6.45) is 3.93. The molecule has 0 amide bonds. The summed E-state index contributed by atoms with van der Waals surface area (Å²) in [5.41, 5.74) is 9.39. The minimum atomic E-state index is 0. The predicted octanol–water partition coefficient (Wildman–Crippen LogP) is 4.23. The number of likely N-dealkylation sites (tertiary alicyclic amines) is 1. The van der Waals surface area contributed by atoms with Gasteiger partial charge >= 0.3 is 0 Å². The number of anilines is 1. The summed E-state index contributed by atoms with van der Waals surface area (Å²) >= 11 is 0. The molecule has 1 aliphatic rings. The first-order valence-electron chi connectivity index (χ1n) is 9.77. The van der Waals surface area contributed by atoms with Gasteiger partial charge in [-0.25, -0.2) is 4.99 Å². The van der Waals surface area contributed by atoms with Crippen molar-refractivity contribution in [2.24, 2.45) is 10.7 Å². The Labute approximate surface area is 190 Å². The molecule has 158 valence electrons. The van der Waals surface area contributed by atoms with Crippen molar-refractivity contribution in [1.82, 2.24) is 4.90 Å². The van der Waals surface area contributed by atoms with Crippen molar-refractivity contribution in [3.63, 3.8) is 0 Å². The van der Waals surface area contributed by atoms with Gasteiger partial charge < -0.3 is 20.5 Å². The Morgan fingerprint density at radius 1 is 1.03 bits per heavy atom. The van der Waals surface area contributed by atoms with Crippen molar-refractivity contribution in [2.75, 3.05) is 32.6 Å². The summed E-state index contributed by atoms with van der Waals surface area (Å²) in [7, 11) is 3.25. The average molecular weight is 510 g/mol. The molecule has 1 aliphatic heterocycles. The third-order valence-electron chi connectivity index (χ3n) is 5.05. The van der Waals surface area contributed by atoms with Crippen LogP contribution < -0.4 is 20.5 Å². The van der Waals surface area contributed by atoms with E-state index in [-0.39, 0.29) is 24.0 Å². The second-order valence-electron chi connectivity index (χ2n) is 7.00. The van der Waals surface area contributed by atoms with E-state index in [2.05, 4.69) is 39.5 Å². The van der Waals surface area contributed by atoms with E-state index >= 15 is 0 Å². The summed E-state index contributed by atoms with van der Waals surface area (Å²) in [5, 5.41) is 3.12. The van der Waals surface area contributed by atoms with Gasteiger partial charge in [0.05, 0.1) is 26.5 Å². The van der Waals surface area contributed by atoms with Crippen LogP contribution in [0.2, 0.25) is 0 Å². The first-order chi connectivity index (χ1) is 13.7. The van der Waals surface area contributed by atoms with Crippen LogP contribution in [0.4, 0.5) is 5.69 Å². The number of benzene rings is 2. The van der Waals surface area contributed by atoms with Gasteiger partial charge in [-0.2, -0.15) is 0 Å². The molecule has 29 heavy (non-hydrogen) atoms. The third-order valence-corrected chi connectivity index (χ3v) is 5.05. The van der Waals surface area contributed by atoms with Crippen molar-refractivity contribution in [1.29, 1.82) is 0 Å². The van der Waals surface area contributed by atoms with E-state index in [1.54, 1.807) is 14.2 Å². The Balaban J connectivity index is 0.00000300. The fraction of sp³-hybridized carbons (Fsp3) is 0.409. The topological polar surface area (TPSA) is 72.1 Å². The largest absolute Gasteiger partial charge is 0.497 e. The number of aliphatic imine (C=N–C) groups is 1. The molecule has 0 bridgehead atoms. The number of hydrogen-bond donors (Lipinski definition) is 2. The molecule has 0 aliphatic carbocycles. The SMILES string of the molecule is COc1ccc(OC)c(NC(N)=NCc2ccccc2CN2CCCCC2)c1.I. The summed E-state index contributed by atoms with van der Waals surface area (Å²) in [6, 6.07) is 14.0. The monoisotopic (exact) mass is 510 g/mol. The third kappa shape index (κ3) is 6.78. The molecule has 0 unspecified atom stereocenters. The fourth-order valence-corrected chi connectivity index (χ4v) is 3.48. The highest BCUT2D eigenvalue weighted by Crippen LogP contribution is 2.28. The second-order valence-corrected chi connectivity index (χ2v) is 7.00. The molecule has 0 aromatic heterocycles. The van der Waals surface area contributed by atoms with E-state index in [1.165, 1.54) is 43.5 Å². The average Bonchev–Trinajstić information content (AvgIpc) is 2.74. The van der Waals surface area contributed by atoms with Gasteiger partial charge in [0.1, 0.15) is 11.5 Å². The molecule has 2 aromatic rings. The first-order valence-corrected chi connectivity index (χ1v) is 9.77. The standard InChI is InChI=1S/C22H30N4O2.HI/c1-27-19-10-11-21(28-2)20(14-19)25-22(23)24-15-17-8-4-5-9-18(17)16-26-12-6-3-7-13-26;/h4-5,8-11,14H,3,6-7,12-13,15-16H2,1-2H3,(H3,23,24,25);1H. The van der Waals surface area contributed by atoms with Crippen LogP contribution in [0.3, 0.4) is 0 Å². The summed E-state index contributed by atoms with van der Waals surface area (Å²) < 4.78 is 10.7. The van der Waals surface area contributed by atoms with Gasteiger partial charge in [-0.05, 0) is 49.2 Å².